The van der Waals surface area contributed by atoms with E-state index in [-0.39, 0.29) is 0 Å². The summed E-state index contributed by atoms with van der Waals surface area (Å²) in [7, 11) is 1.85. The monoisotopic (exact) mass is 407 g/mol. The fraction of sp³-hybridized carbons (Fsp3) is 0.160. The molecule has 4 aromatic rings. The molecule has 0 radical (unpaired) electrons. The van der Waals surface area contributed by atoms with E-state index in [2.05, 4.69) is 27.5 Å². The van der Waals surface area contributed by atoms with Crippen molar-refractivity contribution < 1.29 is 4.74 Å². The van der Waals surface area contributed by atoms with Crippen molar-refractivity contribution in [2.75, 3.05) is 6.54 Å². The summed E-state index contributed by atoms with van der Waals surface area (Å²) in [5.74, 6) is 1.18. The average Bonchev–Trinajstić information content (AvgIpc) is 3.19. The molecule has 0 spiro atoms. The number of fused-ring (bicyclic) bond motifs is 1. The van der Waals surface area contributed by atoms with Gasteiger partial charge in [0.25, 0.3) is 0 Å². The van der Waals surface area contributed by atoms with Crippen LogP contribution in [0.2, 0.25) is 0 Å². The van der Waals surface area contributed by atoms with Crippen molar-refractivity contribution >= 4 is 0 Å². The zero-order chi connectivity index (χ0) is 21.2. The fourth-order valence-corrected chi connectivity index (χ4v) is 3.81. The first-order chi connectivity index (χ1) is 15.2. The summed E-state index contributed by atoms with van der Waals surface area (Å²) >= 11 is 0. The van der Waals surface area contributed by atoms with Crippen molar-refractivity contribution in [1.82, 2.24) is 20.1 Å². The topological polar surface area (TPSA) is 75.8 Å². The molecule has 6 nitrogen and oxygen atoms in total. The lowest BCUT2D eigenvalue weighted by Crippen LogP contribution is -2.23. The third kappa shape index (κ3) is 3.79. The van der Waals surface area contributed by atoms with Gasteiger partial charge in [0.15, 0.2) is 0 Å². The molecule has 0 saturated carbocycles. The first kappa shape index (κ1) is 19.0. The number of aryl methyl sites for hydroxylation is 1. The van der Waals surface area contributed by atoms with E-state index in [1.54, 1.807) is 16.8 Å². The number of pyridine rings is 1. The molecule has 0 unspecified atom stereocenters. The molecule has 0 bridgehead atoms. The molecule has 0 saturated heterocycles. The summed E-state index contributed by atoms with van der Waals surface area (Å²) in [6, 6.07) is 21.7. The van der Waals surface area contributed by atoms with Gasteiger partial charge in [-0.3, -0.25) is 4.98 Å². The predicted molar refractivity (Wildman–Crippen MR) is 119 cm³/mol. The SMILES string of the molecule is Cn1nc(-c2ccccc2)cc1Oc1cc(C#N)ccc1-c1cc2c(cn1)CNCC2. The Morgan fingerprint density at radius 3 is 2.74 bits per heavy atom. The van der Waals surface area contributed by atoms with Crippen LogP contribution in [0.15, 0.2) is 66.9 Å². The van der Waals surface area contributed by atoms with Crippen LogP contribution >= 0.6 is 0 Å². The molecule has 6 heteroatoms. The predicted octanol–water partition coefficient (Wildman–Crippen LogP) is 4.46. The molecule has 0 amide bonds. The van der Waals surface area contributed by atoms with E-state index in [4.69, 9.17) is 4.74 Å². The smallest absolute Gasteiger partial charge is 0.218 e. The zero-order valence-electron chi connectivity index (χ0n) is 17.2. The zero-order valence-corrected chi connectivity index (χ0v) is 17.2. The normalized spacial score (nSPS) is 12.8. The quantitative estimate of drug-likeness (QED) is 0.541. The van der Waals surface area contributed by atoms with Gasteiger partial charge in [0, 0.05) is 37.0 Å². The molecule has 0 fully saturated rings. The van der Waals surface area contributed by atoms with Crippen LogP contribution in [0, 0.1) is 11.3 Å². The Morgan fingerprint density at radius 1 is 1.03 bits per heavy atom. The fourth-order valence-electron chi connectivity index (χ4n) is 3.81. The lowest BCUT2D eigenvalue weighted by Gasteiger charge is -2.18. The third-order valence-electron chi connectivity index (χ3n) is 5.48. The highest BCUT2D eigenvalue weighted by atomic mass is 16.5. The number of aromatic nitrogens is 3. The Kier molecular flexibility index (Phi) is 4.95. The Labute approximate surface area is 180 Å². The minimum absolute atomic E-state index is 0.534. The van der Waals surface area contributed by atoms with Gasteiger partial charge in [0.2, 0.25) is 5.88 Å². The molecule has 31 heavy (non-hydrogen) atoms. The van der Waals surface area contributed by atoms with Gasteiger partial charge in [-0.1, -0.05) is 30.3 Å². The molecule has 2 aromatic heterocycles. The van der Waals surface area contributed by atoms with Crippen LogP contribution in [0.4, 0.5) is 0 Å². The molecule has 1 aliphatic rings. The first-order valence-electron chi connectivity index (χ1n) is 10.2. The van der Waals surface area contributed by atoms with E-state index < -0.39 is 0 Å². The highest BCUT2D eigenvalue weighted by molar-refractivity contribution is 5.70. The van der Waals surface area contributed by atoms with Gasteiger partial charge in [0.05, 0.1) is 23.0 Å². The van der Waals surface area contributed by atoms with Crippen molar-refractivity contribution in [3.05, 3.63) is 83.6 Å². The summed E-state index contributed by atoms with van der Waals surface area (Å²) in [5.41, 5.74) is 6.59. The number of nitriles is 1. The maximum Gasteiger partial charge on any atom is 0.218 e. The van der Waals surface area contributed by atoms with E-state index in [9.17, 15) is 5.26 Å². The van der Waals surface area contributed by atoms with Crippen LogP contribution in [0.5, 0.6) is 11.6 Å². The van der Waals surface area contributed by atoms with E-state index in [0.717, 1.165) is 42.0 Å². The summed E-state index contributed by atoms with van der Waals surface area (Å²) in [6.45, 7) is 1.81. The third-order valence-corrected chi connectivity index (χ3v) is 5.48. The summed E-state index contributed by atoms with van der Waals surface area (Å²) in [6.07, 6.45) is 2.90. The molecular formula is C25H21N5O. The van der Waals surface area contributed by atoms with Crippen molar-refractivity contribution in [1.29, 1.82) is 5.26 Å². The van der Waals surface area contributed by atoms with Crippen LogP contribution in [0.3, 0.4) is 0 Å². The second-order valence-electron chi connectivity index (χ2n) is 7.55. The molecule has 3 heterocycles. The van der Waals surface area contributed by atoms with Crippen LogP contribution in [0.1, 0.15) is 16.7 Å². The van der Waals surface area contributed by atoms with Gasteiger partial charge in [-0.25, -0.2) is 4.68 Å². The highest BCUT2D eigenvalue weighted by Crippen LogP contribution is 2.35. The minimum atomic E-state index is 0.534. The maximum atomic E-state index is 9.41. The second-order valence-corrected chi connectivity index (χ2v) is 7.55. The molecule has 5 rings (SSSR count). The van der Waals surface area contributed by atoms with E-state index in [1.807, 2.05) is 55.7 Å². The lowest BCUT2D eigenvalue weighted by molar-refractivity contribution is 0.432. The minimum Gasteiger partial charge on any atom is -0.439 e. The maximum absolute atomic E-state index is 9.41. The van der Waals surface area contributed by atoms with Crippen LogP contribution in [-0.4, -0.2) is 21.3 Å². The second kappa shape index (κ2) is 8.05. The Bertz CT molecular complexity index is 1290. The summed E-state index contributed by atoms with van der Waals surface area (Å²) in [4.78, 5) is 4.67. The first-order valence-corrected chi connectivity index (χ1v) is 10.2. The van der Waals surface area contributed by atoms with Crippen LogP contribution in [-0.2, 0) is 20.0 Å². The average molecular weight is 407 g/mol. The molecule has 1 aliphatic heterocycles. The number of hydrogen-bond acceptors (Lipinski definition) is 5. The van der Waals surface area contributed by atoms with Gasteiger partial charge in [-0.15, -0.1) is 0 Å². The number of ether oxygens (including phenoxy) is 1. The Hall–Kier alpha value is -3.95. The largest absolute Gasteiger partial charge is 0.439 e. The number of nitrogens with one attached hydrogen (secondary N) is 1. The van der Waals surface area contributed by atoms with Gasteiger partial charge in [0.1, 0.15) is 5.75 Å². The van der Waals surface area contributed by atoms with Crippen molar-refractivity contribution in [2.45, 2.75) is 13.0 Å². The molecule has 0 aliphatic carbocycles. The molecule has 2 aromatic carbocycles. The van der Waals surface area contributed by atoms with Gasteiger partial charge in [-0.05, 0) is 48.4 Å². The van der Waals surface area contributed by atoms with E-state index in [0.29, 0.717) is 17.2 Å². The van der Waals surface area contributed by atoms with Crippen molar-refractivity contribution in [2.24, 2.45) is 7.05 Å². The van der Waals surface area contributed by atoms with Crippen LogP contribution in [0.25, 0.3) is 22.5 Å². The lowest BCUT2D eigenvalue weighted by atomic mass is 9.99. The van der Waals surface area contributed by atoms with E-state index >= 15 is 0 Å². The standard InChI is InChI=1S/C25H21N5O/c1-30-25(13-22(29-30)18-5-3-2-4-6-18)31-24-11-17(14-26)7-8-21(24)23-12-19-9-10-27-15-20(19)16-28-23/h2-8,11-13,16,27H,9-10,15H2,1H3. The number of rotatable bonds is 4. The van der Waals surface area contributed by atoms with Crippen molar-refractivity contribution in [3.63, 3.8) is 0 Å². The molecule has 1 N–H and O–H groups in total. The summed E-state index contributed by atoms with van der Waals surface area (Å²) in [5, 5.41) is 17.4. The van der Waals surface area contributed by atoms with Crippen molar-refractivity contribution in [3.8, 4) is 40.2 Å². The van der Waals surface area contributed by atoms with E-state index in [1.165, 1.54) is 11.1 Å². The molecular weight excluding hydrogens is 386 g/mol. The van der Waals surface area contributed by atoms with Gasteiger partial charge < -0.3 is 10.1 Å². The Balaban J connectivity index is 1.54. The number of hydrogen-bond donors (Lipinski definition) is 1. The number of nitrogens with zero attached hydrogens (tertiary/aromatic N) is 4. The Morgan fingerprint density at radius 2 is 1.90 bits per heavy atom. The number of benzene rings is 2. The molecule has 152 valence electrons. The summed E-state index contributed by atoms with van der Waals surface area (Å²) < 4.78 is 7.99. The highest BCUT2D eigenvalue weighted by Gasteiger charge is 2.16. The van der Waals surface area contributed by atoms with Crippen LogP contribution < -0.4 is 10.1 Å². The molecule has 0 atom stereocenters. The van der Waals surface area contributed by atoms with Gasteiger partial charge >= 0.3 is 0 Å². The van der Waals surface area contributed by atoms with Gasteiger partial charge in [-0.2, -0.15) is 10.4 Å².